The Morgan fingerprint density at radius 1 is 1.43 bits per heavy atom. The number of hydrogen-bond donors (Lipinski definition) is 1. The number of aromatic nitrogens is 1. The summed E-state index contributed by atoms with van der Waals surface area (Å²) in [5.74, 6) is 0. The third-order valence-corrected chi connectivity index (χ3v) is 4.85. The van der Waals surface area contributed by atoms with Gasteiger partial charge in [0.15, 0.2) is 5.13 Å². The first-order chi connectivity index (χ1) is 6.70. The zero-order chi connectivity index (χ0) is 10.1. The van der Waals surface area contributed by atoms with Crippen LogP contribution in [-0.2, 0) is 0 Å². The van der Waals surface area contributed by atoms with Gasteiger partial charge in [0.05, 0.1) is 13.3 Å². The summed E-state index contributed by atoms with van der Waals surface area (Å²) in [5.41, 5.74) is 2.15. The third kappa shape index (κ3) is 2.03. The van der Waals surface area contributed by atoms with Crippen molar-refractivity contribution in [3.63, 3.8) is 0 Å². The molecule has 2 nitrogen and oxygen atoms in total. The first-order valence-corrected chi connectivity index (χ1v) is 7.07. The van der Waals surface area contributed by atoms with Crippen molar-refractivity contribution in [1.82, 2.24) is 4.98 Å². The second-order valence-corrected chi connectivity index (χ2v) is 7.13. The van der Waals surface area contributed by atoms with Crippen molar-refractivity contribution in [2.45, 2.75) is 0 Å². The highest BCUT2D eigenvalue weighted by molar-refractivity contribution is 9.12. The maximum atomic E-state index is 4.44. The minimum atomic E-state index is 0.939. The van der Waals surface area contributed by atoms with Gasteiger partial charge in [-0.05, 0) is 37.9 Å². The molecule has 0 aromatic carbocycles. The number of halogens is 2. The van der Waals surface area contributed by atoms with Crippen LogP contribution in [0.25, 0.3) is 11.3 Å². The lowest BCUT2D eigenvalue weighted by Crippen LogP contribution is -1.85. The Hall–Kier alpha value is 0.0900. The largest absolute Gasteiger partial charge is 0.365 e. The monoisotopic (exact) mass is 352 g/mol. The molecule has 0 fully saturated rings. The number of thiazole rings is 1. The van der Waals surface area contributed by atoms with Crippen molar-refractivity contribution >= 4 is 59.7 Å². The van der Waals surface area contributed by atoms with Crippen LogP contribution >= 0.6 is 54.5 Å². The normalized spacial score (nSPS) is 10.5. The first kappa shape index (κ1) is 10.6. The van der Waals surface area contributed by atoms with Crippen molar-refractivity contribution in [2.24, 2.45) is 0 Å². The van der Waals surface area contributed by atoms with E-state index in [1.807, 2.05) is 12.4 Å². The SMILES string of the molecule is CNc1nc(-c2cc(Br)sc2Br)cs1. The van der Waals surface area contributed by atoms with E-state index in [0.717, 1.165) is 24.0 Å². The molecule has 1 N–H and O–H groups in total. The maximum absolute atomic E-state index is 4.44. The topological polar surface area (TPSA) is 24.9 Å². The highest BCUT2D eigenvalue weighted by atomic mass is 79.9. The van der Waals surface area contributed by atoms with Crippen LogP contribution in [-0.4, -0.2) is 12.0 Å². The van der Waals surface area contributed by atoms with Crippen molar-refractivity contribution < 1.29 is 0 Å². The molecule has 0 saturated heterocycles. The lowest BCUT2D eigenvalue weighted by atomic mass is 10.3. The van der Waals surface area contributed by atoms with Crippen LogP contribution in [0.1, 0.15) is 0 Å². The Bertz CT molecular complexity index is 450. The number of thiophene rings is 1. The van der Waals surface area contributed by atoms with Gasteiger partial charge < -0.3 is 5.32 Å². The van der Waals surface area contributed by atoms with Gasteiger partial charge in [-0.15, -0.1) is 22.7 Å². The first-order valence-electron chi connectivity index (χ1n) is 3.79. The quantitative estimate of drug-likeness (QED) is 0.863. The molecule has 0 bridgehead atoms. The fourth-order valence-corrected chi connectivity index (χ4v) is 4.53. The summed E-state index contributed by atoms with van der Waals surface area (Å²) in [6, 6.07) is 2.07. The lowest BCUT2D eigenvalue weighted by Gasteiger charge is -1.91. The number of hydrogen-bond acceptors (Lipinski definition) is 4. The van der Waals surface area contributed by atoms with E-state index in [1.165, 1.54) is 0 Å². The smallest absolute Gasteiger partial charge is 0.182 e. The van der Waals surface area contributed by atoms with Crippen molar-refractivity contribution in [1.29, 1.82) is 0 Å². The molecule has 0 unspecified atom stereocenters. The Balaban J connectivity index is 2.43. The van der Waals surface area contributed by atoms with Gasteiger partial charge in [-0.1, -0.05) is 0 Å². The summed E-state index contributed by atoms with van der Waals surface area (Å²) in [4.78, 5) is 4.44. The minimum Gasteiger partial charge on any atom is -0.365 e. The molecule has 2 heterocycles. The predicted octanol–water partition coefficient (Wildman–Crippen LogP) is 4.44. The average molecular weight is 354 g/mol. The highest BCUT2D eigenvalue weighted by Gasteiger charge is 2.10. The van der Waals surface area contributed by atoms with Crippen LogP contribution in [0.3, 0.4) is 0 Å². The van der Waals surface area contributed by atoms with Gasteiger partial charge in [-0.25, -0.2) is 4.98 Å². The van der Waals surface area contributed by atoms with Crippen molar-refractivity contribution in [2.75, 3.05) is 12.4 Å². The van der Waals surface area contributed by atoms with Crippen LogP contribution < -0.4 is 5.32 Å². The summed E-state index contributed by atoms with van der Waals surface area (Å²) < 4.78 is 2.22. The molecule has 0 spiro atoms. The van der Waals surface area contributed by atoms with Crippen LogP contribution in [0.2, 0.25) is 0 Å². The fourth-order valence-electron chi connectivity index (χ4n) is 1.03. The van der Waals surface area contributed by atoms with Crippen LogP contribution in [0.5, 0.6) is 0 Å². The second kappa shape index (κ2) is 4.30. The molecular weight excluding hydrogens is 348 g/mol. The molecule has 0 radical (unpaired) electrons. The van der Waals surface area contributed by atoms with Gasteiger partial charge >= 0.3 is 0 Å². The Labute approximate surface area is 107 Å². The van der Waals surface area contributed by atoms with Gasteiger partial charge in [0, 0.05) is 18.0 Å². The van der Waals surface area contributed by atoms with Crippen LogP contribution in [0, 0.1) is 0 Å². The molecule has 0 saturated carbocycles. The number of nitrogens with one attached hydrogen (secondary N) is 1. The van der Waals surface area contributed by atoms with E-state index < -0.39 is 0 Å². The maximum Gasteiger partial charge on any atom is 0.182 e. The van der Waals surface area contributed by atoms with E-state index in [0.29, 0.717) is 0 Å². The summed E-state index contributed by atoms with van der Waals surface area (Å²) in [5, 5.41) is 6.01. The zero-order valence-corrected chi connectivity index (χ0v) is 12.0. The number of rotatable bonds is 2. The summed E-state index contributed by atoms with van der Waals surface area (Å²) in [6.45, 7) is 0. The fraction of sp³-hybridized carbons (Fsp3) is 0.125. The minimum absolute atomic E-state index is 0.939. The molecule has 0 aliphatic rings. The van der Waals surface area contributed by atoms with E-state index in [-0.39, 0.29) is 0 Å². The summed E-state index contributed by atoms with van der Waals surface area (Å²) in [6.07, 6.45) is 0. The van der Waals surface area contributed by atoms with E-state index in [4.69, 9.17) is 0 Å². The molecule has 6 heteroatoms. The average Bonchev–Trinajstić information content (AvgIpc) is 2.71. The van der Waals surface area contributed by atoms with E-state index in [9.17, 15) is 0 Å². The molecule has 74 valence electrons. The Morgan fingerprint density at radius 2 is 2.21 bits per heavy atom. The predicted molar refractivity (Wildman–Crippen MR) is 70.4 cm³/mol. The molecule has 0 aliphatic heterocycles. The van der Waals surface area contributed by atoms with E-state index >= 15 is 0 Å². The molecule has 2 aromatic rings. The lowest BCUT2D eigenvalue weighted by molar-refractivity contribution is 1.36. The van der Waals surface area contributed by atoms with E-state index in [2.05, 4.69) is 48.2 Å². The Kier molecular flexibility index (Phi) is 3.26. The molecule has 2 rings (SSSR count). The molecule has 0 amide bonds. The van der Waals surface area contributed by atoms with E-state index in [1.54, 1.807) is 22.7 Å². The second-order valence-electron chi connectivity index (χ2n) is 2.53. The summed E-state index contributed by atoms with van der Waals surface area (Å²) >= 11 is 10.2. The molecule has 2 aromatic heterocycles. The van der Waals surface area contributed by atoms with Gasteiger partial charge in [0.2, 0.25) is 0 Å². The standard InChI is InChI=1S/C8H6Br2N2S2/c1-11-8-12-5(3-13-8)4-2-6(9)14-7(4)10/h2-3H,1H3,(H,11,12). The number of nitrogens with zero attached hydrogens (tertiary/aromatic N) is 1. The zero-order valence-electron chi connectivity index (χ0n) is 7.17. The van der Waals surface area contributed by atoms with Gasteiger partial charge in [0.1, 0.15) is 0 Å². The molecule has 14 heavy (non-hydrogen) atoms. The van der Waals surface area contributed by atoms with Gasteiger partial charge in [0.25, 0.3) is 0 Å². The van der Waals surface area contributed by atoms with Crippen LogP contribution in [0.15, 0.2) is 19.0 Å². The highest BCUT2D eigenvalue weighted by Crippen LogP contribution is 2.39. The third-order valence-electron chi connectivity index (χ3n) is 1.65. The van der Waals surface area contributed by atoms with Crippen molar-refractivity contribution in [3.05, 3.63) is 19.0 Å². The van der Waals surface area contributed by atoms with Crippen molar-refractivity contribution in [3.8, 4) is 11.3 Å². The summed E-state index contributed by atoms with van der Waals surface area (Å²) in [7, 11) is 1.88. The van der Waals surface area contributed by atoms with Crippen LogP contribution in [0.4, 0.5) is 5.13 Å². The Morgan fingerprint density at radius 3 is 2.71 bits per heavy atom. The molecule has 0 atom stereocenters. The molecule has 0 aliphatic carbocycles. The van der Waals surface area contributed by atoms with Gasteiger partial charge in [-0.2, -0.15) is 0 Å². The molecular formula is C8H6Br2N2S2. The number of anilines is 1. The van der Waals surface area contributed by atoms with Gasteiger partial charge in [-0.3, -0.25) is 0 Å².